The van der Waals surface area contributed by atoms with Crippen molar-refractivity contribution < 1.29 is 23.8 Å². The molecule has 0 unspecified atom stereocenters. The lowest BCUT2D eigenvalue weighted by atomic mass is 10.0. The van der Waals surface area contributed by atoms with Crippen molar-refractivity contribution in [1.82, 2.24) is 4.98 Å². The molecular weight excluding hydrogens is 358 g/mol. The van der Waals surface area contributed by atoms with Crippen LogP contribution in [0.4, 0.5) is 0 Å². The zero-order chi connectivity index (χ0) is 19.7. The molecule has 2 aromatic carbocycles. The number of nitrogens with zero attached hydrogens (tertiary/aromatic N) is 1. The van der Waals surface area contributed by atoms with Gasteiger partial charge in [-0.05, 0) is 43.2 Å². The van der Waals surface area contributed by atoms with Gasteiger partial charge in [0, 0.05) is 16.6 Å². The summed E-state index contributed by atoms with van der Waals surface area (Å²) in [5.41, 5.74) is 3.22. The number of ketones is 1. The van der Waals surface area contributed by atoms with Gasteiger partial charge in [-0.2, -0.15) is 0 Å². The molecule has 0 bridgehead atoms. The van der Waals surface area contributed by atoms with E-state index in [0.29, 0.717) is 29.0 Å². The molecule has 3 aromatic rings. The number of carbonyl (C=O) groups excluding carboxylic acids is 2. The summed E-state index contributed by atoms with van der Waals surface area (Å²) in [6, 6.07) is 12.3. The number of carbonyl (C=O) groups is 2. The molecule has 6 nitrogen and oxygen atoms in total. The minimum atomic E-state index is -0.528. The second kappa shape index (κ2) is 7.31. The Morgan fingerprint density at radius 2 is 1.89 bits per heavy atom. The third-order valence-electron chi connectivity index (χ3n) is 4.80. The lowest BCUT2D eigenvalue weighted by Crippen LogP contribution is -2.16. The van der Waals surface area contributed by atoms with Crippen molar-refractivity contribution >= 4 is 22.7 Å². The fraction of sp³-hybridized carbons (Fsp3) is 0.227. The van der Waals surface area contributed by atoms with Crippen LogP contribution in [0.15, 0.2) is 42.5 Å². The number of esters is 1. The van der Waals surface area contributed by atoms with Gasteiger partial charge in [-0.3, -0.25) is 9.78 Å². The molecule has 0 N–H and O–H groups in total. The number of para-hydroxylation sites is 1. The standard InChI is InChI=1S/C22H19NO5/c1-3-16-13(2)21(15-6-4-5-7-17(15)23-16)22(25)26-11-18(24)14-8-9-19-20(10-14)28-12-27-19/h4-10H,3,11-12H2,1-2H3. The van der Waals surface area contributed by atoms with Crippen molar-refractivity contribution in [2.75, 3.05) is 13.4 Å². The van der Waals surface area contributed by atoms with E-state index in [1.807, 2.05) is 38.1 Å². The molecule has 0 atom stereocenters. The molecule has 0 saturated carbocycles. The van der Waals surface area contributed by atoms with Gasteiger partial charge >= 0.3 is 5.97 Å². The molecule has 0 fully saturated rings. The summed E-state index contributed by atoms with van der Waals surface area (Å²) in [5, 5.41) is 0.720. The summed E-state index contributed by atoms with van der Waals surface area (Å²) in [6.45, 7) is 3.63. The second-order valence-electron chi connectivity index (χ2n) is 6.50. The average molecular weight is 377 g/mol. The molecule has 1 aromatic heterocycles. The SMILES string of the molecule is CCc1nc2ccccc2c(C(=O)OCC(=O)c2ccc3c(c2)OCO3)c1C. The van der Waals surface area contributed by atoms with Crippen LogP contribution in [0.5, 0.6) is 11.5 Å². The van der Waals surface area contributed by atoms with E-state index in [4.69, 9.17) is 14.2 Å². The van der Waals surface area contributed by atoms with E-state index in [1.54, 1.807) is 18.2 Å². The molecule has 0 radical (unpaired) electrons. The van der Waals surface area contributed by atoms with Crippen LogP contribution >= 0.6 is 0 Å². The fourth-order valence-corrected chi connectivity index (χ4v) is 3.32. The number of Topliss-reactive ketones (excluding diaryl/α,β-unsaturated/α-hetero) is 1. The Hall–Kier alpha value is -3.41. The summed E-state index contributed by atoms with van der Waals surface area (Å²) in [4.78, 5) is 29.9. The number of hydrogen-bond donors (Lipinski definition) is 0. The lowest BCUT2D eigenvalue weighted by Gasteiger charge is -2.13. The number of aromatic nitrogens is 1. The van der Waals surface area contributed by atoms with Crippen molar-refractivity contribution in [3.8, 4) is 11.5 Å². The first-order valence-corrected chi connectivity index (χ1v) is 9.06. The quantitative estimate of drug-likeness (QED) is 0.496. The minimum Gasteiger partial charge on any atom is -0.454 e. The summed E-state index contributed by atoms with van der Waals surface area (Å²) < 4.78 is 15.9. The van der Waals surface area contributed by atoms with E-state index < -0.39 is 5.97 Å². The van der Waals surface area contributed by atoms with Crippen molar-refractivity contribution in [2.45, 2.75) is 20.3 Å². The third-order valence-corrected chi connectivity index (χ3v) is 4.80. The largest absolute Gasteiger partial charge is 0.454 e. The molecule has 0 saturated heterocycles. The predicted octanol–water partition coefficient (Wildman–Crippen LogP) is 3.87. The Labute approximate surface area is 162 Å². The van der Waals surface area contributed by atoms with E-state index >= 15 is 0 Å². The molecule has 28 heavy (non-hydrogen) atoms. The molecule has 142 valence electrons. The summed E-state index contributed by atoms with van der Waals surface area (Å²) in [5.74, 6) is 0.276. The van der Waals surface area contributed by atoms with Crippen molar-refractivity contribution in [1.29, 1.82) is 0 Å². The lowest BCUT2D eigenvalue weighted by molar-refractivity contribution is 0.0476. The van der Waals surface area contributed by atoms with Gasteiger partial charge in [0.1, 0.15) is 0 Å². The Morgan fingerprint density at radius 3 is 2.71 bits per heavy atom. The highest BCUT2D eigenvalue weighted by atomic mass is 16.7. The van der Waals surface area contributed by atoms with Gasteiger partial charge in [0.05, 0.1) is 11.1 Å². The van der Waals surface area contributed by atoms with E-state index in [9.17, 15) is 9.59 Å². The number of rotatable bonds is 5. The van der Waals surface area contributed by atoms with E-state index in [-0.39, 0.29) is 19.2 Å². The number of fused-ring (bicyclic) bond motifs is 2. The monoisotopic (exact) mass is 377 g/mol. The van der Waals surface area contributed by atoms with E-state index in [2.05, 4.69) is 4.98 Å². The smallest absolute Gasteiger partial charge is 0.339 e. The first-order valence-electron chi connectivity index (χ1n) is 9.06. The van der Waals surface area contributed by atoms with Crippen LogP contribution in [0.3, 0.4) is 0 Å². The van der Waals surface area contributed by atoms with Crippen LogP contribution in [0, 0.1) is 6.92 Å². The third kappa shape index (κ3) is 3.17. The van der Waals surface area contributed by atoms with Gasteiger partial charge in [0.2, 0.25) is 6.79 Å². The minimum absolute atomic E-state index is 0.135. The normalized spacial score (nSPS) is 12.2. The van der Waals surface area contributed by atoms with Gasteiger partial charge < -0.3 is 14.2 Å². The summed E-state index contributed by atoms with van der Waals surface area (Å²) >= 11 is 0. The van der Waals surface area contributed by atoms with Crippen LogP contribution in [-0.4, -0.2) is 30.1 Å². The topological polar surface area (TPSA) is 74.7 Å². The molecule has 1 aliphatic rings. The number of benzene rings is 2. The molecule has 0 amide bonds. The molecule has 0 spiro atoms. The van der Waals surface area contributed by atoms with Gasteiger partial charge in [0.15, 0.2) is 23.9 Å². The average Bonchev–Trinajstić information content (AvgIpc) is 3.19. The first kappa shape index (κ1) is 18.0. The van der Waals surface area contributed by atoms with Gasteiger partial charge in [-0.25, -0.2) is 4.79 Å². The van der Waals surface area contributed by atoms with Crippen LogP contribution in [0.2, 0.25) is 0 Å². The summed E-state index contributed by atoms with van der Waals surface area (Å²) in [6.07, 6.45) is 0.701. The zero-order valence-electron chi connectivity index (χ0n) is 15.7. The molecule has 0 aliphatic carbocycles. The van der Waals surface area contributed by atoms with Gasteiger partial charge in [-0.1, -0.05) is 25.1 Å². The number of aryl methyl sites for hydroxylation is 1. The van der Waals surface area contributed by atoms with Crippen molar-refractivity contribution in [3.63, 3.8) is 0 Å². The number of hydrogen-bond acceptors (Lipinski definition) is 6. The second-order valence-corrected chi connectivity index (χ2v) is 6.50. The van der Waals surface area contributed by atoms with Crippen LogP contribution in [0.1, 0.15) is 38.9 Å². The fourth-order valence-electron chi connectivity index (χ4n) is 3.32. The Morgan fingerprint density at radius 1 is 1.11 bits per heavy atom. The van der Waals surface area contributed by atoms with Crippen LogP contribution in [-0.2, 0) is 11.2 Å². The molecular formula is C22H19NO5. The van der Waals surface area contributed by atoms with Crippen molar-refractivity contribution in [3.05, 3.63) is 64.8 Å². The van der Waals surface area contributed by atoms with E-state index in [1.165, 1.54) is 0 Å². The summed E-state index contributed by atoms with van der Waals surface area (Å²) in [7, 11) is 0. The maximum atomic E-state index is 12.8. The highest BCUT2D eigenvalue weighted by Crippen LogP contribution is 2.32. The van der Waals surface area contributed by atoms with Crippen LogP contribution in [0.25, 0.3) is 10.9 Å². The predicted molar refractivity (Wildman–Crippen MR) is 103 cm³/mol. The maximum absolute atomic E-state index is 12.8. The highest BCUT2D eigenvalue weighted by molar-refractivity contribution is 6.06. The molecule has 2 heterocycles. The molecule has 4 rings (SSSR count). The van der Waals surface area contributed by atoms with Gasteiger partial charge in [-0.15, -0.1) is 0 Å². The zero-order valence-corrected chi connectivity index (χ0v) is 15.7. The molecule has 6 heteroatoms. The first-order chi connectivity index (χ1) is 13.6. The molecule has 1 aliphatic heterocycles. The number of ether oxygens (including phenoxy) is 3. The Bertz CT molecular complexity index is 1090. The Balaban J connectivity index is 1.57. The number of pyridine rings is 1. The van der Waals surface area contributed by atoms with Crippen molar-refractivity contribution in [2.24, 2.45) is 0 Å². The van der Waals surface area contributed by atoms with Crippen LogP contribution < -0.4 is 9.47 Å². The van der Waals surface area contributed by atoms with Gasteiger partial charge in [0.25, 0.3) is 0 Å². The maximum Gasteiger partial charge on any atom is 0.339 e. The highest BCUT2D eigenvalue weighted by Gasteiger charge is 2.21. The Kier molecular flexibility index (Phi) is 4.69. The van der Waals surface area contributed by atoms with E-state index in [0.717, 1.165) is 22.2 Å².